The molecule has 26 heavy (non-hydrogen) atoms. The van der Waals surface area contributed by atoms with Crippen molar-refractivity contribution in [3.05, 3.63) is 54.1 Å². The molecule has 0 aliphatic carbocycles. The average molecular weight is 376 g/mol. The van der Waals surface area contributed by atoms with Crippen LogP contribution < -0.4 is 14.8 Å². The molecular weight excluding hydrogens is 352 g/mol. The van der Waals surface area contributed by atoms with Gasteiger partial charge >= 0.3 is 0 Å². The third-order valence-corrected chi connectivity index (χ3v) is 5.13. The van der Waals surface area contributed by atoms with Crippen molar-refractivity contribution < 1.29 is 17.9 Å². The molecule has 0 aromatic heterocycles. The summed E-state index contributed by atoms with van der Waals surface area (Å²) in [7, 11) is -2.26. The summed E-state index contributed by atoms with van der Waals surface area (Å²) in [4.78, 5) is 12.2. The van der Waals surface area contributed by atoms with Crippen molar-refractivity contribution in [3.63, 3.8) is 0 Å². The fourth-order valence-corrected chi connectivity index (χ4v) is 3.36. The first-order chi connectivity index (χ1) is 12.3. The Morgan fingerprint density at radius 2 is 1.81 bits per heavy atom. The Labute approximate surface area is 154 Å². The predicted molar refractivity (Wildman–Crippen MR) is 102 cm³/mol. The van der Waals surface area contributed by atoms with Gasteiger partial charge in [0.15, 0.2) is 0 Å². The van der Waals surface area contributed by atoms with E-state index in [4.69, 9.17) is 4.74 Å². The van der Waals surface area contributed by atoms with Crippen molar-refractivity contribution in [1.29, 1.82) is 0 Å². The van der Waals surface area contributed by atoms with E-state index in [0.717, 1.165) is 6.42 Å². The van der Waals surface area contributed by atoms with Crippen LogP contribution in [0.1, 0.15) is 30.6 Å². The van der Waals surface area contributed by atoms with E-state index >= 15 is 0 Å². The molecule has 0 heterocycles. The molecule has 2 N–H and O–H groups in total. The van der Waals surface area contributed by atoms with Gasteiger partial charge in [-0.05, 0) is 54.8 Å². The molecule has 0 saturated carbocycles. The van der Waals surface area contributed by atoms with Gasteiger partial charge < -0.3 is 10.1 Å². The van der Waals surface area contributed by atoms with Gasteiger partial charge in [0.1, 0.15) is 5.75 Å². The van der Waals surface area contributed by atoms with E-state index in [0.29, 0.717) is 29.5 Å². The summed E-state index contributed by atoms with van der Waals surface area (Å²) < 4.78 is 32.7. The largest absolute Gasteiger partial charge is 0.497 e. The lowest BCUT2D eigenvalue weighted by atomic mass is 10.1. The lowest BCUT2D eigenvalue weighted by molar-refractivity contribution is 0.0952. The average Bonchev–Trinajstić information content (AvgIpc) is 2.62. The highest BCUT2D eigenvalue weighted by atomic mass is 32.2. The summed E-state index contributed by atoms with van der Waals surface area (Å²) in [6.07, 6.45) is 0.864. The second kappa shape index (κ2) is 8.71. The highest BCUT2D eigenvalue weighted by Crippen LogP contribution is 2.20. The normalized spacial score (nSPS) is 11.2. The van der Waals surface area contributed by atoms with Crippen LogP contribution in [0.4, 0.5) is 5.69 Å². The first-order valence-electron chi connectivity index (χ1n) is 8.37. The number of benzene rings is 2. The molecule has 0 aliphatic heterocycles. The van der Waals surface area contributed by atoms with Gasteiger partial charge in [-0.15, -0.1) is 0 Å². The Kier molecular flexibility index (Phi) is 6.63. The van der Waals surface area contributed by atoms with E-state index in [9.17, 15) is 13.2 Å². The molecule has 0 saturated heterocycles. The Hall–Kier alpha value is -2.54. The molecule has 1 amide bonds. The van der Waals surface area contributed by atoms with Crippen molar-refractivity contribution in [2.24, 2.45) is 5.92 Å². The van der Waals surface area contributed by atoms with Crippen LogP contribution in [-0.2, 0) is 10.0 Å². The van der Waals surface area contributed by atoms with E-state index in [1.165, 1.54) is 19.2 Å². The molecule has 7 heteroatoms. The van der Waals surface area contributed by atoms with Gasteiger partial charge in [-0.25, -0.2) is 8.42 Å². The first-order valence-corrected chi connectivity index (χ1v) is 9.85. The van der Waals surface area contributed by atoms with Crippen LogP contribution in [0, 0.1) is 5.92 Å². The fourth-order valence-electron chi connectivity index (χ4n) is 2.25. The number of carbonyl (C=O) groups is 1. The molecular formula is C19H24N2O4S. The van der Waals surface area contributed by atoms with Crippen molar-refractivity contribution in [1.82, 2.24) is 5.32 Å². The minimum Gasteiger partial charge on any atom is -0.497 e. The maximum absolute atomic E-state index is 12.6. The van der Waals surface area contributed by atoms with Crippen LogP contribution in [0.3, 0.4) is 0 Å². The summed E-state index contributed by atoms with van der Waals surface area (Å²) in [6, 6.07) is 12.5. The summed E-state index contributed by atoms with van der Waals surface area (Å²) in [5.41, 5.74) is 0.726. The van der Waals surface area contributed by atoms with Crippen molar-refractivity contribution >= 4 is 21.6 Å². The molecule has 0 spiro atoms. The third kappa shape index (κ3) is 5.49. The fraction of sp³-hybridized carbons (Fsp3) is 0.316. The van der Waals surface area contributed by atoms with Gasteiger partial charge in [0.2, 0.25) is 0 Å². The standard InChI is InChI=1S/C19H24N2O4S/c1-14(2)11-12-20-19(22)15-5-4-6-18(13-15)26(23,24)21-16-7-9-17(25-3)10-8-16/h4-10,13-14,21H,11-12H2,1-3H3,(H,20,22). The zero-order chi connectivity index (χ0) is 19.2. The van der Waals surface area contributed by atoms with Crippen molar-refractivity contribution in [2.75, 3.05) is 18.4 Å². The number of hydrogen-bond donors (Lipinski definition) is 2. The van der Waals surface area contributed by atoms with E-state index in [1.54, 1.807) is 36.4 Å². The number of hydrogen-bond acceptors (Lipinski definition) is 4. The highest BCUT2D eigenvalue weighted by Gasteiger charge is 2.16. The van der Waals surface area contributed by atoms with Crippen molar-refractivity contribution in [2.45, 2.75) is 25.2 Å². The van der Waals surface area contributed by atoms with Gasteiger partial charge in [-0.3, -0.25) is 9.52 Å². The number of rotatable bonds is 8. The van der Waals surface area contributed by atoms with Gasteiger partial charge in [0, 0.05) is 17.8 Å². The second-order valence-corrected chi connectivity index (χ2v) is 7.98. The molecule has 140 valence electrons. The molecule has 0 radical (unpaired) electrons. The van der Waals surface area contributed by atoms with Crippen LogP contribution in [0.5, 0.6) is 5.75 Å². The lowest BCUT2D eigenvalue weighted by Gasteiger charge is -2.11. The Bertz CT molecular complexity index is 846. The third-order valence-electron chi connectivity index (χ3n) is 3.76. The number of amides is 1. The zero-order valence-corrected chi connectivity index (χ0v) is 16.0. The molecule has 0 fully saturated rings. The van der Waals surface area contributed by atoms with Crippen LogP contribution in [0.2, 0.25) is 0 Å². The maximum Gasteiger partial charge on any atom is 0.261 e. The number of nitrogens with one attached hydrogen (secondary N) is 2. The Balaban J connectivity index is 2.12. The van der Waals surface area contributed by atoms with Gasteiger partial charge in [-0.2, -0.15) is 0 Å². The molecule has 0 aliphatic rings. The minimum absolute atomic E-state index is 0.0322. The van der Waals surface area contributed by atoms with Crippen LogP contribution in [0.15, 0.2) is 53.4 Å². The molecule has 2 aromatic carbocycles. The zero-order valence-electron chi connectivity index (χ0n) is 15.2. The molecule has 6 nitrogen and oxygen atoms in total. The number of carbonyl (C=O) groups excluding carboxylic acids is 1. The Morgan fingerprint density at radius 1 is 1.12 bits per heavy atom. The molecule has 0 atom stereocenters. The number of ether oxygens (including phenoxy) is 1. The number of methoxy groups -OCH3 is 1. The molecule has 0 bridgehead atoms. The number of anilines is 1. The van der Waals surface area contributed by atoms with Gasteiger partial charge in [0.25, 0.3) is 15.9 Å². The molecule has 2 aromatic rings. The maximum atomic E-state index is 12.6. The molecule has 2 rings (SSSR count). The quantitative estimate of drug-likeness (QED) is 0.740. The van der Waals surface area contributed by atoms with E-state index in [1.807, 2.05) is 0 Å². The smallest absolute Gasteiger partial charge is 0.261 e. The predicted octanol–water partition coefficient (Wildman–Crippen LogP) is 3.27. The van der Waals surface area contributed by atoms with Gasteiger partial charge in [0.05, 0.1) is 12.0 Å². The molecule has 0 unspecified atom stereocenters. The summed E-state index contributed by atoms with van der Waals surface area (Å²) >= 11 is 0. The van der Waals surface area contributed by atoms with Crippen molar-refractivity contribution in [3.8, 4) is 5.75 Å². The lowest BCUT2D eigenvalue weighted by Crippen LogP contribution is -2.25. The van der Waals surface area contributed by atoms with Gasteiger partial charge in [-0.1, -0.05) is 19.9 Å². The van der Waals surface area contributed by atoms with E-state index < -0.39 is 10.0 Å². The SMILES string of the molecule is COc1ccc(NS(=O)(=O)c2cccc(C(=O)NCCC(C)C)c2)cc1. The van der Waals surface area contributed by atoms with Crippen LogP contribution in [0.25, 0.3) is 0 Å². The Morgan fingerprint density at radius 3 is 2.42 bits per heavy atom. The minimum atomic E-state index is -3.79. The summed E-state index contributed by atoms with van der Waals surface area (Å²) in [6.45, 7) is 4.70. The van der Waals surface area contributed by atoms with E-state index in [2.05, 4.69) is 23.9 Å². The second-order valence-electron chi connectivity index (χ2n) is 6.30. The highest BCUT2D eigenvalue weighted by molar-refractivity contribution is 7.92. The number of sulfonamides is 1. The van der Waals surface area contributed by atoms with Crippen LogP contribution >= 0.6 is 0 Å². The summed E-state index contributed by atoms with van der Waals surface area (Å²) in [5, 5.41) is 2.80. The topological polar surface area (TPSA) is 84.5 Å². The monoisotopic (exact) mass is 376 g/mol. The van der Waals surface area contributed by atoms with E-state index in [-0.39, 0.29) is 10.8 Å². The van der Waals surface area contributed by atoms with Crippen LogP contribution in [-0.4, -0.2) is 28.0 Å². The summed E-state index contributed by atoms with van der Waals surface area (Å²) in [5.74, 6) is 0.830. The first kappa shape index (κ1) is 19.8.